The number of likely N-dealkylation sites (tertiary alicyclic amines) is 1. The number of carbonyl (C=O) groups is 1. The molecule has 0 saturated carbocycles. The average Bonchev–Trinajstić information content (AvgIpc) is 2.97. The largest absolute Gasteiger partial charge is 0.368 e. The Labute approximate surface area is 140 Å². The predicted molar refractivity (Wildman–Crippen MR) is 91.7 cm³/mol. The van der Waals surface area contributed by atoms with Crippen LogP contribution < -0.4 is 11.1 Å². The van der Waals surface area contributed by atoms with Crippen molar-refractivity contribution in [3.63, 3.8) is 0 Å². The molecule has 1 amide bonds. The highest BCUT2D eigenvalue weighted by molar-refractivity contribution is 5.98. The van der Waals surface area contributed by atoms with Gasteiger partial charge in [-0.3, -0.25) is 4.79 Å². The molecule has 2 aliphatic heterocycles. The Bertz CT molecular complexity index is 775. The van der Waals surface area contributed by atoms with E-state index in [0.29, 0.717) is 12.6 Å². The van der Waals surface area contributed by atoms with E-state index >= 15 is 0 Å². The van der Waals surface area contributed by atoms with Crippen LogP contribution in [0.3, 0.4) is 0 Å². The van der Waals surface area contributed by atoms with E-state index in [-0.39, 0.29) is 11.9 Å². The zero-order chi connectivity index (χ0) is 16.7. The molecule has 3 N–H and O–H groups in total. The fraction of sp³-hybridized carbons (Fsp3) is 0.471. The van der Waals surface area contributed by atoms with E-state index < -0.39 is 0 Å². The van der Waals surface area contributed by atoms with Gasteiger partial charge in [-0.25, -0.2) is 9.97 Å². The van der Waals surface area contributed by atoms with Crippen LogP contribution in [0.4, 0.5) is 5.95 Å². The number of rotatable bonds is 2. The third-order valence-electron chi connectivity index (χ3n) is 5.02. The van der Waals surface area contributed by atoms with Crippen molar-refractivity contribution in [1.82, 2.24) is 24.8 Å². The van der Waals surface area contributed by atoms with Gasteiger partial charge in [0.2, 0.25) is 5.95 Å². The summed E-state index contributed by atoms with van der Waals surface area (Å²) < 4.78 is 2.34. The van der Waals surface area contributed by atoms with Crippen LogP contribution in [0.2, 0.25) is 0 Å². The minimum absolute atomic E-state index is 0.00575. The topological polar surface area (TPSA) is 89.1 Å². The molecule has 1 saturated heterocycles. The Balaban J connectivity index is 1.84. The van der Waals surface area contributed by atoms with Crippen molar-refractivity contribution in [1.29, 1.82) is 0 Å². The molecule has 0 unspecified atom stereocenters. The fourth-order valence-corrected chi connectivity index (χ4v) is 3.79. The third-order valence-corrected chi connectivity index (χ3v) is 5.02. The molecule has 2 aliphatic rings. The molecule has 0 bridgehead atoms. The van der Waals surface area contributed by atoms with Gasteiger partial charge in [0, 0.05) is 30.9 Å². The summed E-state index contributed by atoms with van der Waals surface area (Å²) in [6.07, 6.45) is 4.68. The maximum atomic E-state index is 12.3. The normalized spacial score (nSPS) is 19.1. The lowest BCUT2D eigenvalue weighted by Gasteiger charge is -2.33. The number of piperidine rings is 1. The van der Waals surface area contributed by atoms with Crippen molar-refractivity contribution < 1.29 is 4.79 Å². The van der Waals surface area contributed by atoms with Crippen molar-refractivity contribution in [2.45, 2.75) is 25.3 Å². The van der Waals surface area contributed by atoms with Crippen LogP contribution in [0.25, 0.3) is 11.4 Å². The first-order valence-corrected chi connectivity index (χ1v) is 8.43. The zero-order valence-corrected chi connectivity index (χ0v) is 13.8. The Hall–Kier alpha value is -2.41. The Kier molecular flexibility index (Phi) is 3.72. The van der Waals surface area contributed by atoms with Crippen LogP contribution in [0.5, 0.6) is 0 Å². The predicted octanol–water partition coefficient (Wildman–Crippen LogP) is 1.08. The van der Waals surface area contributed by atoms with Crippen LogP contribution in [-0.2, 0) is 6.42 Å². The average molecular weight is 326 g/mol. The maximum absolute atomic E-state index is 12.3. The van der Waals surface area contributed by atoms with E-state index in [9.17, 15) is 4.79 Å². The molecule has 1 fully saturated rings. The van der Waals surface area contributed by atoms with E-state index in [0.717, 1.165) is 55.0 Å². The van der Waals surface area contributed by atoms with Gasteiger partial charge in [-0.1, -0.05) is 0 Å². The Morgan fingerprint density at radius 2 is 2.12 bits per heavy atom. The van der Waals surface area contributed by atoms with Crippen molar-refractivity contribution in [2.24, 2.45) is 0 Å². The number of hydrogen-bond donors (Lipinski definition) is 2. The van der Waals surface area contributed by atoms with Gasteiger partial charge in [0.25, 0.3) is 5.91 Å². The minimum Gasteiger partial charge on any atom is -0.368 e. The van der Waals surface area contributed by atoms with Gasteiger partial charge in [-0.15, -0.1) is 0 Å². The Morgan fingerprint density at radius 3 is 2.88 bits per heavy atom. The summed E-state index contributed by atoms with van der Waals surface area (Å²) in [5.41, 5.74) is 9.42. The molecule has 0 aliphatic carbocycles. The number of amides is 1. The van der Waals surface area contributed by atoms with Gasteiger partial charge in [-0.05, 0) is 45.1 Å². The number of nitrogens with zero attached hydrogens (tertiary/aromatic N) is 4. The number of hydrogen-bond acceptors (Lipinski definition) is 5. The quantitative estimate of drug-likeness (QED) is 0.862. The number of aromatic nitrogens is 3. The SMILES string of the molecule is CN1CCC(n2c(-c3ccnc(N)n3)cc3c2CCNC3=O)CC1. The first kappa shape index (κ1) is 15.1. The molecule has 4 heterocycles. The second kappa shape index (κ2) is 5.90. The lowest BCUT2D eigenvalue weighted by Crippen LogP contribution is -2.35. The lowest BCUT2D eigenvalue weighted by molar-refractivity contribution is 0.0944. The smallest absolute Gasteiger partial charge is 0.253 e. The van der Waals surface area contributed by atoms with Crippen LogP contribution in [0.15, 0.2) is 18.3 Å². The molecule has 0 spiro atoms. The summed E-state index contributed by atoms with van der Waals surface area (Å²) in [5, 5.41) is 2.93. The van der Waals surface area contributed by atoms with Crippen LogP contribution >= 0.6 is 0 Å². The number of carbonyl (C=O) groups excluding carboxylic acids is 1. The number of nitrogen functional groups attached to an aromatic ring is 1. The highest BCUT2D eigenvalue weighted by atomic mass is 16.1. The maximum Gasteiger partial charge on any atom is 0.253 e. The molecule has 2 aromatic rings. The van der Waals surface area contributed by atoms with E-state index in [1.807, 2.05) is 12.1 Å². The molecule has 2 aromatic heterocycles. The standard InChI is InChI=1S/C17H22N6O/c1-22-8-4-11(5-9-22)23-14-3-7-19-16(24)12(14)10-15(23)13-2-6-20-17(18)21-13/h2,6,10-11H,3-5,7-9H2,1H3,(H,19,24)(H2,18,20,21). The minimum atomic E-state index is 0.00575. The van der Waals surface area contributed by atoms with E-state index in [1.165, 1.54) is 0 Å². The highest BCUT2D eigenvalue weighted by Gasteiger charge is 2.29. The Morgan fingerprint density at radius 1 is 1.33 bits per heavy atom. The summed E-state index contributed by atoms with van der Waals surface area (Å²) in [4.78, 5) is 23.0. The van der Waals surface area contributed by atoms with Crippen LogP contribution in [-0.4, -0.2) is 52.0 Å². The molecule has 7 nitrogen and oxygen atoms in total. The molecule has 0 atom stereocenters. The molecule has 4 rings (SSSR count). The highest BCUT2D eigenvalue weighted by Crippen LogP contribution is 2.34. The van der Waals surface area contributed by atoms with Gasteiger partial charge in [0.15, 0.2) is 0 Å². The fourth-order valence-electron chi connectivity index (χ4n) is 3.79. The molecule has 7 heteroatoms. The van der Waals surface area contributed by atoms with E-state index in [4.69, 9.17) is 5.73 Å². The number of nitrogens with one attached hydrogen (secondary N) is 1. The summed E-state index contributed by atoms with van der Waals surface area (Å²) in [5.74, 6) is 0.261. The van der Waals surface area contributed by atoms with E-state index in [1.54, 1.807) is 6.20 Å². The van der Waals surface area contributed by atoms with Gasteiger partial charge < -0.3 is 20.5 Å². The van der Waals surface area contributed by atoms with E-state index in [2.05, 4.69) is 31.8 Å². The lowest BCUT2D eigenvalue weighted by atomic mass is 10.0. The first-order valence-electron chi connectivity index (χ1n) is 8.43. The molecule has 24 heavy (non-hydrogen) atoms. The van der Waals surface area contributed by atoms with Crippen molar-refractivity contribution in [3.8, 4) is 11.4 Å². The van der Waals surface area contributed by atoms with Gasteiger partial charge >= 0.3 is 0 Å². The molecule has 0 radical (unpaired) electrons. The van der Waals surface area contributed by atoms with Crippen LogP contribution in [0, 0.1) is 0 Å². The number of fused-ring (bicyclic) bond motifs is 1. The third kappa shape index (κ3) is 2.54. The summed E-state index contributed by atoms with van der Waals surface area (Å²) in [6, 6.07) is 4.21. The second-order valence-corrected chi connectivity index (χ2v) is 6.60. The summed E-state index contributed by atoms with van der Waals surface area (Å²) in [7, 11) is 2.15. The van der Waals surface area contributed by atoms with Gasteiger partial charge in [0.05, 0.1) is 17.0 Å². The van der Waals surface area contributed by atoms with Gasteiger partial charge in [0.1, 0.15) is 0 Å². The number of anilines is 1. The molecular weight excluding hydrogens is 304 g/mol. The van der Waals surface area contributed by atoms with Crippen molar-refractivity contribution in [2.75, 3.05) is 32.4 Å². The number of nitrogens with two attached hydrogens (primary N) is 1. The van der Waals surface area contributed by atoms with Crippen molar-refractivity contribution in [3.05, 3.63) is 29.6 Å². The van der Waals surface area contributed by atoms with Crippen LogP contribution in [0.1, 0.15) is 34.9 Å². The first-order chi connectivity index (χ1) is 11.6. The monoisotopic (exact) mass is 326 g/mol. The summed E-state index contributed by atoms with van der Waals surface area (Å²) >= 11 is 0. The van der Waals surface area contributed by atoms with Gasteiger partial charge in [-0.2, -0.15) is 0 Å². The molecular formula is C17H22N6O. The molecule has 0 aromatic carbocycles. The molecule has 126 valence electrons. The van der Waals surface area contributed by atoms with Crippen molar-refractivity contribution >= 4 is 11.9 Å². The summed E-state index contributed by atoms with van der Waals surface area (Å²) in [6.45, 7) is 2.82. The second-order valence-electron chi connectivity index (χ2n) is 6.60. The zero-order valence-electron chi connectivity index (χ0n) is 13.8.